The summed E-state index contributed by atoms with van der Waals surface area (Å²) in [5, 5.41) is 0. The van der Waals surface area contributed by atoms with Gasteiger partial charge < -0.3 is 5.73 Å². The van der Waals surface area contributed by atoms with Gasteiger partial charge in [-0.05, 0) is 24.8 Å². The summed E-state index contributed by atoms with van der Waals surface area (Å²) in [5.74, 6) is 0.640. The van der Waals surface area contributed by atoms with Gasteiger partial charge in [0.1, 0.15) is 9.84 Å². The van der Waals surface area contributed by atoms with E-state index in [1.54, 1.807) is 0 Å². The third kappa shape index (κ3) is 2.92. The van der Waals surface area contributed by atoms with Crippen LogP contribution in [0.1, 0.15) is 19.8 Å². The van der Waals surface area contributed by atoms with E-state index in [-0.39, 0.29) is 17.8 Å². The monoisotopic (exact) mass is 213 g/mol. The molecule has 2 N–H and O–H groups in total. The van der Waals surface area contributed by atoms with Gasteiger partial charge in [-0.1, -0.05) is 6.92 Å². The number of hydrogen-bond acceptors (Lipinski definition) is 3. The van der Waals surface area contributed by atoms with Gasteiger partial charge in [-0.2, -0.15) is 0 Å². The van der Waals surface area contributed by atoms with Gasteiger partial charge in [-0.3, -0.25) is 0 Å². The van der Waals surface area contributed by atoms with E-state index >= 15 is 0 Å². The molecular weight excluding hydrogens is 198 g/mol. The number of nitrogens with two attached hydrogens (primary N) is 1. The molecule has 3 nitrogen and oxygen atoms in total. The van der Waals surface area contributed by atoms with Crippen LogP contribution in [0.5, 0.6) is 0 Å². The van der Waals surface area contributed by atoms with E-state index in [4.69, 9.17) is 5.73 Å². The Balaban J connectivity index is 0.00000121. The van der Waals surface area contributed by atoms with E-state index in [1.165, 1.54) is 0 Å². The normalized spacial score (nSPS) is 25.8. The van der Waals surface area contributed by atoms with Crippen LogP contribution in [0.25, 0.3) is 0 Å². The maximum atomic E-state index is 11.0. The lowest BCUT2D eigenvalue weighted by Gasteiger charge is -2.31. The zero-order valence-electron chi connectivity index (χ0n) is 7.25. The second-order valence-corrected chi connectivity index (χ2v) is 5.97. The van der Waals surface area contributed by atoms with Gasteiger partial charge in [0.2, 0.25) is 0 Å². The zero-order valence-corrected chi connectivity index (χ0v) is 8.88. The third-order valence-corrected chi connectivity index (χ3v) is 4.18. The molecule has 0 bridgehead atoms. The first-order chi connectivity index (χ1) is 4.97. The smallest absolute Gasteiger partial charge is 0.150 e. The average Bonchev–Trinajstić information content (AvgIpc) is 1.97. The van der Waals surface area contributed by atoms with E-state index in [2.05, 4.69) is 6.92 Å². The van der Waals surface area contributed by atoms with Crippen LogP contribution in [-0.2, 0) is 9.84 Å². The molecule has 0 spiro atoms. The highest BCUT2D eigenvalue weighted by Gasteiger charge is 2.31. The van der Waals surface area contributed by atoms with Crippen LogP contribution in [0.4, 0.5) is 0 Å². The SMILES string of the molecule is CC1(CN)CCS(=O)(=O)CC1.Cl. The molecule has 1 rings (SSSR count). The largest absolute Gasteiger partial charge is 0.330 e. The second-order valence-electron chi connectivity index (χ2n) is 3.67. The highest BCUT2D eigenvalue weighted by Crippen LogP contribution is 2.30. The molecule has 1 fully saturated rings. The summed E-state index contributed by atoms with van der Waals surface area (Å²) < 4.78 is 22.0. The molecule has 0 aromatic heterocycles. The molecule has 5 heteroatoms. The number of rotatable bonds is 1. The fraction of sp³-hybridized carbons (Fsp3) is 1.00. The first kappa shape index (κ1) is 12.2. The van der Waals surface area contributed by atoms with Crippen molar-refractivity contribution < 1.29 is 8.42 Å². The van der Waals surface area contributed by atoms with Crippen LogP contribution in [0.2, 0.25) is 0 Å². The van der Waals surface area contributed by atoms with Crippen LogP contribution in [0, 0.1) is 5.41 Å². The Morgan fingerprint density at radius 1 is 1.33 bits per heavy atom. The van der Waals surface area contributed by atoms with Crippen molar-refractivity contribution in [3.63, 3.8) is 0 Å². The lowest BCUT2D eigenvalue weighted by molar-refractivity contribution is 0.301. The highest BCUT2D eigenvalue weighted by molar-refractivity contribution is 7.91. The molecule has 0 aromatic rings. The second kappa shape index (κ2) is 3.94. The summed E-state index contributed by atoms with van der Waals surface area (Å²) in [4.78, 5) is 0. The maximum Gasteiger partial charge on any atom is 0.150 e. The van der Waals surface area contributed by atoms with E-state index in [9.17, 15) is 8.42 Å². The van der Waals surface area contributed by atoms with E-state index in [0.29, 0.717) is 18.1 Å². The van der Waals surface area contributed by atoms with Gasteiger partial charge in [0.15, 0.2) is 0 Å². The predicted molar refractivity (Wildman–Crippen MR) is 52.3 cm³/mol. The van der Waals surface area contributed by atoms with Crippen molar-refractivity contribution >= 4 is 22.2 Å². The van der Waals surface area contributed by atoms with Crippen molar-refractivity contribution in [1.82, 2.24) is 0 Å². The number of halogens is 1. The summed E-state index contributed by atoms with van der Waals surface area (Å²) in [5.41, 5.74) is 5.61. The molecule has 0 radical (unpaired) electrons. The van der Waals surface area contributed by atoms with Crippen molar-refractivity contribution in [2.75, 3.05) is 18.1 Å². The van der Waals surface area contributed by atoms with Gasteiger partial charge in [0.25, 0.3) is 0 Å². The molecule has 0 aliphatic carbocycles. The Hall–Kier alpha value is 0.200. The minimum absolute atomic E-state index is 0. The number of hydrogen-bond donors (Lipinski definition) is 1. The Morgan fingerprint density at radius 3 is 2.08 bits per heavy atom. The van der Waals surface area contributed by atoms with Crippen LogP contribution in [0.3, 0.4) is 0 Å². The topological polar surface area (TPSA) is 60.2 Å². The molecule has 0 aromatic carbocycles. The standard InChI is InChI=1S/C7H15NO2S.ClH/c1-7(6-8)2-4-11(9,10)5-3-7;/h2-6,8H2,1H3;1H. The highest BCUT2D eigenvalue weighted by atomic mass is 35.5. The zero-order chi connectivity index (χ0) is 8.54. The summed E-state index contributed by atoms with van der Waals surface area (Å²) >= 11 is 0. The molecular formula is C7H16ClNO2S. The summed E-state index contributed by atoms with van der Waals surface area (Å²) in [6.07, 6.45) is 1.46. The molecule has 1 aliphatic rings. The van der Waals surface area contributed by atoms with Crippen molar-refractivity contribution in [2.24, 2.45) is 11.1 Å². The van der Waals surface area contributed by atoms with Crippen molar-refractivity contribution in [1.29, 1.82) is 0 Å². The quantitative estimate of drug-likeness (QED) is 0.694. The maximum absolute atomic E-state index is 11.0. The van der Waals surface area contributed by atoms with E-state index < -0.39 is 9.84 Å². The molecule has 0 unspecified atom stereocenters. The molecule has 74 valence electrons. The number of sulfone groups is 1. The Morgan fingerprint density at radius 2 is 1.75 bits per heavy atom. The van der Waals surface area contributed by atoms with E-state index in [0.717, 1.165) is 12.8 Å². The van der Waals surface area contributed by atoms with Gasteiger partial charge in [-0.25, -0.2) is 8.42 Å². The van der Waals surface area contributed by atoms with Crippen LogP contribution >= 0.6 is 12.4 Å². The predicted octanol–water partition coefficient (Wildman–Crippen LogP) is 0.582. The Bertz CT molecular complexity index is 224. The molecule has 0 amide bonds. The Kier molecular flexibility index (Phi) is 4.00. The molecule has 1 heterocycles. The molecule has 0 saturated carbocycles. The van der Waals surface area contributed by atoms with Gasteiger partial charge in [0.05, 0.1) is 11.5 Å². The summed E-state index contributed by atoms with van der Waals surface area (Å²) in [6, 6.07) is 0. The van der Waals surface area contributed by atoms with Crippen LogP contribution in [-0.4, -0.2) is 26.5 Å². The fourth-order valence-electron chi connectivity index (χ4n) is 1.23. The molecule has 1 aliphatic heterocycles. The fourth-order valence-corrected chi connectivity index (χ4v) is 3.05. The van der Waals surface area contributed by atoms with Crippen molar-refractivity contribution in [2.45, 2.75) is 19.8 Å². The minimum Gasteiger partial charge on any atom is -0.330 e. The van der Waals surface area contributed by atoms with Gasteiger partial charge >= 0.3 is 0 Å². The van der Waals surface area contributed by atoms with E-state index in [1.807, 2.05) is 0 Å². The van der Waals surface area contributed by atoms with Crippen LogP contribution in [0.15, 0.2) is 0 Å². The Labute approximate surface area is 80.0 Å². The van der Waals surface area contributed by atoms with Crippen LogP contribution < -0.4 is 5.73 Å². The summed E-state index contributed by atoms with van der Waals surface area (Å²) in [7, 11) is -2.72. The average molecular weight is 214 g/mol. The lowest BCUT2D eigenvalue weighted by Crippen LogP contribution is -2.36. The molecule has 0 atom stereocenters. The first-order valence-corrected chi connectivity index (χ1v) is 5.70. The third-order valence-electron chi connectivity index (χ3n) is 2.53. The minimum atomic E-state index is -2.72. The first-order valence-electron chi connectivity index (χ1n) is 3.88. The summed E-state index contributed by atoms with van der Waals surface area (Å²) in [6.45, 7) is 2.66. The van der Waals surface area contributed by atoms with Crippen molar-refractivity contribution in [3.8, 4) is 0 Å². The lowest BCUT2D eigenvalue weighted by atomic mass is 9.85. The molecule has 1 saturated heterocycles. The van der Waals surface area contributed by atoms with Crippen molar-refractivity contribution in [3.05, 3.63) is 0 Å². The molecule has 12 heavy (non-hydrogen) atoms. The van der Waals surface area contributed by atoms with Gasteiger partial charge in [-0.15, -0.1) is 12.4 Å². The van der Waals surface area contributed by atoms with Gasteiger partial charge in [0, 0.05) is 0 Å².